The number of nitrogens with one attached hydrogen (secondary N) is 2. The van der Waals surface area contributed by atoms with E-state index in [1.807, 2.05) is 6.07 Å². The molecule has 146 valence electrons. The van der Waals surface area contributed by atoms with Gasteiger partial charge in [-0.15, -0.1) is 0 Å². The summed E-state index contributed by atoms with van der Waals surface area (Å²) in [6.45, 7) is 0.968. The van der Waals surface area contributed by atoms with Gasteiger partial charge >= 0.3 is 0 Å². The van der Waals surface area contributed by atoms with Gasteiger partial charge in [-0.3, -0.25) is 15.2 Å². The minimum atomic E-state index is -3.93. The molecule has 4 rings (SSSR count). The van der Waals surface area contributed by atoms with Crippen molar-refractivity contribution < 1.29 is 18.1 Å². The number of morpholine rings is 1. The van der Waals surface area contributed by atoms with Crippen molar-refractivity contribution in [3.05, 3.63) is 52.7 Å². The average molecular weight is 403 g/mol. The molecule has 0 radical (unpaired) electrons. The number of hydrogen-bond acceptors (Lipinski definition) is 7. The minimum Gasteiger partial charge on any atom is -0.379 e. The molecular weight excluding hydrogens is 386 g/mol. The Bertz CT molecular complexity index is 1140. The van der Waals surface area contributed by atoms with Crippen molar-refractivity contribution in [3.8, 4) is 0 Å². The van der Waals surface area contributed by atoms with Gasteiger partial charge in [0, 0.05) is 36.3 Å². The number of fused-ring (bicyclic) bond motifs is 1. The number of hydrogen-bond donors (Lipinski definition) is 2. The molecule has 3 aromatic rings. The quantitative estimate of drug-likeness (QED) is 0.493. The number of aromatic nitrogens is 2. The number of H-pyrrole nitrogens is 1. The lowest BCUT2D eigenvalue weighted by Crippen LogP contribution is -2.40. The molecule has 0 aliphatic carbocycles. The first-order chi connectivity index (χ1) is 13.4. The molecule has 0 saturated carbocycles. The van der Waals surface area contributed by atoms with Gasteiger partial charge in [0.15, 0.2) is 0 Å². The summed E-state index contributed by atoms with van der Waals surface area (Å²) in [6.07, 6.45) is 1.68. The third-order valence-electron chi connectivity index (χ3n) is 4.48. The SMILES string of the molecule is O=[N+]([O-])c1ccc(Nc2ccc3cn[nH]c3c2)c(S(=O)(=O)N2CCOCC2)c1. The molecule has 28 heavy (non-hydrogen) atoms. The summed E-state index contributed by atoms with van der Waals surface area (Å²) in [5.74, 6) is 0. The lowest BCUT2D eigenvalue weighted by atomic mass is 10.2. The Morgan fingerprint density at radius 3 is 2.71 bits per heavy atom. The molecule has 1 fully saturated rings. The molecule has 0 unspecified atom stereocenters. The van der Waals surface area contributed by atoms with Crippen LogP contribution in [0.4, 0.5) is 17.1 Å². The molecule has 0 bridgehead atoms. The number of nitro benzene ring substituents is 1. The molecule has 1 aliphatic heterocycles. The first-order valence-electron chi connectivity index (χ1n) is 8.52. The van der Waals surface area contributed by atoms with Gasteiger partial charge in [-0.25, -0.2) is 8.42 Å². The number of nitrogens with zero attached hydrogens (tertiary/aromatic N) is 3. The fraction of sp³-hybridized carbons (Fsp3) is 0.235. The first-order valence-corrected chi connectivity index (χ1v) is 9.96. The van der Waals surface area contributed by atoms with Crippen LogP contribution in [-0.2, 0) is 14.8 Å². The van der Waals surface area contributed by atoms with Crippen LogP contribution in [-0.4, -0.2) is 54.1 Å². The van der Waals surface area contributed by atoms with Gasteiger partial charge < -0.3 is 10.1 Å². The molecule has 2 N–H and O–H groups in total. The van der Waals surface area contributed by atoms with E-state index in [4.69, 9.17) is 4.74 Å². The van der Waals surface area contributed by atoms with E-state index in [1.165, 1.54) is 16.4 Å². The predicted octanol–water partition coefficient (Wildman–Crippen LogP) is 2.24. The summed E-state index contributed by atoms with van der Waals surface area (Å²) in [4.78, 5) is 10.4. The molecule has 0 spiro atoms. The van der Waals surface area contributed by atoms with Crippen molar-refractivity contribution in [1.82, 2.24) is 14.5 Å². The van der Waals surface area contributed by atoms with E-state index in [9.17, 15) is 18.5 Å². The number of anilines is 2. The molecule has 1 aromatic heterocycles. The lowest BCUT2D eigenvalue weighted by molar-refractivity contribution is -0.385. The maximum atomic E-state index is 13.1. The highest BCUT2D eigenvalue weighted by Crippen LogP contribution is 2.32. The van der Waals surface area contributed by atoms with E-state index in [-0.39, 0.29) is 42.6 Å². The molecule has 2 aromatic carbocycles. The van der Waals surface area contributed by atoms with Crippen molar-refractivity contribution in [2.75, 3.05) is 31.6 Å². The van der Waals surface area contributed by atoms with Gasteiger partial charge in [0.2, 0.25) is 10.0 Å². The Hall–Kier alpha value is -3.02. The third kappa shape index (κ3) is 3.42. The number of nitro groups is 1. The second-order valence-corrected chi connectivity index (χ2v) is 8.16. The van der Waals surface area contributed by atoms with Crippen molar-refractivity contribution in [1.29, 1.82) is 0 Å². The first kappa shape index (κ1) is 18.3. The number of aromatic amines is 1. The molecule has 1 aliphatic rings. The maximum absolute atomic E-state index is 13.1. The summed E-state index contributed by atoms with van der Waals surface area (Å²) in [6, 6.07) is 9.17. The number of ether oxygens (including phenoxy) is 1. The lowest BCUT2D eigenvalue weighted by Gasteiger charge is -2.27. The average Bonchev–Trinajstić information content (AvgIpc) is 3.16. The van der Waals surface area contributed by atoms with Gasteiger partial charge in [0.05, 0.1) is 35.5 Å². The van der Waals surface area contributed by atoms with Crippen LogP contribution in [0.1, 0.15) is 0 Å². The summed E-state index contributed by atoms with van der Waals surface area (Å²) >= 11 is 0. The van der Waals surface area contributed by atoms with E-state index in [0.717, 1.165) is 17.0 Å². The van der Waals surface area contributed by atoms with Crippen LogP contribution < -0.4 is 5.32 Å². The molecule has 0 atom stereocenters. The number of rotatable bonds is 5. The van der Waals surface area contributed by atoms with E-state index in [1.54, 1.807) is 18.3 Å². The second kappa shape index (κ2) is 7.19. The zero-order chi connectivity index (χ0) is 19.7. The van der Waals surface area contributed by atoms with E-state index in [2.05, 4.69) is 15.5 Å². The largest absolute Gasteiger partial charge is 0.379 e. The van der Waals surface area contributed by atoms with E-state index in [0.29, 0.717) is 5.69 Å². The van der Waals surface area contributed by atoms with Crippen LogP contribution in [0.2, 0.25) is 0 Å². The van der Waals surface area contributed by atoms with E-state index < -0.39 is 14.9 Å². The Morgan fingerprint density at radius 1 is 1.18 bits per heavy atom. The zero-order valence-corrected chi connectivity index (χ0v) is 15.5. The van der Waals surface area contributed by atoms with Gasteiger partial charge in [-0.05, 0) is 24.3 Å². The summed E-state index contributed by atoms with van der Waals surface area (Å²) < 4.78 is 32.8. The monoisotopic (exact) mass is 403 g/mol. The van der Waals surface area contributed by atoms with Crippen LogP contribution in [0.5, 0.6) is 0 Å². The Kier molecular flexibility index (Phi) is 4.71. The van der Waals surface area contributed by atoms with Crippen LogP contribution in [0.15, 0.2) is 47.5 Å². The standard InChI is InChI=1S/C17H17N5O5S/c23-22(24)14-3-4-15(19-13-2-1-12-11-18-20-16(12)9-13)17(10-14)28(25,26)21-5-7-27-8-6-21/h1-4,9-11,19H,5-8H2,(H,18,20). The molecule has 11 heteroatoms. The van der Waals surface area contributed by atoms with Crippen molar-refractivity contribution in [3.63, 3.8) is 0 Å². The normalized spacial score (nSPS) is 15.6. The molecule has 10 nitrogen and oxygen atoms in total. The van der Waals surface area contributed by atoms with Crippen LogP contribution in [0.3, 0.4) is 0 Å². The van der Waals surface area contributed by atoms with Crippen molar-refractivity contribution in [2.45, 2.75) is 4.90 Å². The Morgan fingerprint density at radius 2 is 1.96 bits per heavy atom. The van der Waals surface area contributed by atoms with Gasteiger partial charge in [0.25, 0.3) is 5.69 Å². The highest BCUT2D eigenvalue weighted by atomic mass is 32.2. The highest BCUT2D eigenvalue weighted by Gasteiger charge is 2.30. The Balaban J connectivity index is 1.76. The summed E-state index contributed by atoms with van der Waals surface area (Å²) in [5.41, 5.74) is 1.38. The van der Waals surface area contributed by atoms with Gasteiger partial charge in [-0.2, -0.15) is 9.40 Å². The predicted molar refractivity (Wildman–Crippen MR) is 102 cm³/mol. The van der Waals surface area contributed by atoms with Gasteiger partial charge in [-0.1, -0.05) is 0 Å². The van der Waals surface area contributed by atoms with Crippen LogP contribution in [0.25, 0.3) is 10.9 Å². The van der Waals surface area contributed by atoms with Gasteiger partial charge in [0.1, 0.15) is 4.90 Å². The fourth-order valence-electron chi connectivity index (χ4n) is 3.04. The van der Waals surface area contributed by atoms with Crippen LogP contribution in [0, 0.1) is 10.1 Å². The maximum Gasteiger partial charge on any atom is 0.270 e. The smallest absolute Gasteiger partial charge is 0.270 e. The zero-order valence-electron chi connectivity index (χ0n) is 14.7. The molecule has 0 amide bonds. The van der Waals surface area contributed by atoms with Crippen molar-refractivity contribution in [2.24, 2.45) is 0 Å². The summed E-state index contributed by atoms with van der Waals surface area (Å²) in [5, 5.41) is 22.0. The topological polar surface area (TPSA) is 130 Å². The number of benzene rings is 2. The highest BCUT2D eigenvalue weighted by molar-refractivity contribution is 7.89. The molecular formula is C17H17N5O5S. The third-order valence-corrected chi connectivity index (χ3v) is 6.42. The minimum absolute atomic E-state index is 0.145. The van der Waals surface area contributed by atoms with Crippen molar-refractivity contribution >= 4 is 38.0 Å². The van der Waals surface area contributed by atoms with Crippen LogP contribution >= 0.6 is 0 Å². The second-order valence-electron chi connectivity index (χ2n) is 6.25. The summed E-state index contributed by atoms with van der Waals surface area (Å²) in [7, 11) is -3.93. The Labute approximate surface area is 160 Å². The molecule has 1 saturated heterocycles. The number of non-ortho nitro benzene ring substituents is 1. The molecule has 2 heterocycles. The number of sulfonamides is 1. The fourth-order valence-corrected chi connectivity index (χ4v) is 4.61. The van der Waals surface area contributed by atoms with E-state index >= 15 is 0 Å².